The fraction of sp³-hybridized carbons (Fsp3) is 0.357. The maximum absolute atomic E-state index is 12.4. The predicted molar refractivity (Wildman–Crippen MR) is 94.3 cm³/mol. The van der Waals surface area contributed by atoms with Gasteiger partial charge in [0, 0.05) is 16.7 Å². The lowest BCUT2D eigenvalue weighted by Crippen LogP contribution is -2.70. The minimum atomic E-state index is -1.35. The molecule has 150 valence electrons. The average Bonchev–Trinajstić information content (AvgIpc) is 2.95. The number of amides is 3. The monoisotopic (exact) mass is 429 g/mol. The molecule has 2 atom stereocenters. The van der Waals surface area contributed by atoms with Gasteiger partial charge in [0.15, 0.2) is 0 Å². The Morgan fingerprint density at radius 2 is 2.14 bits per heavy atom. The van der Waals surface area contributed by atoms with Crippen LogP contribution in [0.2, 0.25) is 0 Å². The first-order valence-corrected chi connectivity index (χ1v) is 9.68. The zero-order valence-corrected chi connectivity index (χ0v) is 15.7. The second kappa shape index (κ2) is 7.55. The van der Waals surface area contributed by atoms with Crippen molar-refractivity contribution in [3.63, 3.8) is 0 Å². The summed E-state index contributed by atoms with van der Waals surface area (Å²) in [4.78, 5) is 47.9. The van der Waals surface area contributed by atoms with E-state index in [0.29, 0.717) is 4.73 Å². The van der Waals surface area contributed by atoms with Gasteiger partial charge in [0.25, 0.3) is 5.91 Å². The smallest absolute Gasteiger partial charge is 0.404 e. The molecule has 0 aliphatic carbocycles. The van der Waals surface area contributed by atoms with E-state index in [0.717, 1.165) is 16.2 Å². The third-order valence-corrected chi connectivity index (χ3v) is 6.19. The highest BCUT2D eigenvalue weighted by Gasteiger charge is 2.54. The third-order valence-electron chi connectivity index (χ3n) is 4.07. The first kappa shape index (κ1) is 19.8. The molecule has 0 bridgehead atoms. The van der Waals surface area contributed by atoms with Crippen LogP contribution in [-0.4, -0.2) is 67.6 Å². The average molecular weight is 429 g/mol. The molecule has 0 aromatic carbocycles. The first-order chi connectivity index (χ1) is 13.2. The van der Waals surface area contributed by atoms with Gasteiger partial charge in [0.1, 0.15) is 23.7 Å². The van der Waals surface area contributed by atoms with Crippen molar-refractivity contribution in [3.05, 3.63) is 27.1 Å². The lowest BCUT2D eigenvalue weighted by atomic mass is 10.0. The molecule has 2 aliphatic heterocycles. The minimum Gasteiger partial charge on any atom is -0.477 e. The molecule has 6 N–H and O–H groups in total. The summed E-state index contributed by atoms with van der Waals surface area (Å²) in [6.45, 7) is -0.346. The van der Waals surface area contributed by atoms with Gasteiger partial charge in [-0.2, -0.15) is 4.73 Å². The van der Waals surface area contributed by atoms with Crippen molar-refractivity contribution in [2.24, 2.45) is 5.73 Å². The molecular formula is C14H15N5O7S2. The molecule has 14 heteroatoms. The number of nitrogens with zero attached hydrogens (tertiary/aromatic N) is 2. The van der Waals surface area contributed by atoms with E-state index < -0.39 is 35.3 Å². The molecule has 0 saturated carbocycles. The van der Waals surface area contributed by atoms with Crippen LogP contribution in [-0.2, 0) is 25.5 Å². The van der Waals surface area contributed by atoms with E-state index in [1.807, 2.05) is 0 Å². The van der Waals surface area contributed by atoms with E-state index in [1.54, 1.807) is 0 Å². The highest BCUT2D eigenvalue weighted by Crippen LogP contribution is 2.40. The van der Waals surface area contributed by atoms with Crippen LogP contribution < -0.4 is 15.9 Å². The maximum atomic E-state index is 12.4. The zero-order chi connectivity index (χ0) is 20.6. The highest BCUT2D eigenvalue weighted by atomic mass is 32.2. The number of carbonyl (C=O) groups is 4. The van der Waals surface area contributed by atoms with Gasteiger partial charge >= 0.3 is 12.1 Å². The lowest BCUT2D eigenvalue weighted by Gasteiger charge is -2.49. The fourth-order valence-electron chi connectivity index (χ4n) is 2.81. The summed E-state index contributed by atoms with van der Waals surface area (Å²) in [7, 11) is 0. The van der Waals surface area contributed by atoms with Crippen molar-refractivity contribution >= 4 is 47.0 Å². The Labute approximate surface area is 165 Å². The topological polar surface area (TPSA) is 188 Å². The van der Waals surface area contributed by atoms with Crippen LogP contribution >= 0.6 is 23.1 Å². The molecule has 1 aromatic heterocycles. The van der Waals surface area contributed by atoms with Gasteiger partial charge in [-0.15, -0.1) is 23.1 Å². The number of hydrogen-bond donors (Lipinski definition) is 5. The van der Waals surface area contributed by atoms with Crippen molar-refractivity contribution < 1.29 is 34.2 Å². The number of nitrogens with two attached hydrogens (primary N) is 1. The van der Waals surface area contributed by atoms with Crippen molar-refractivity contribution in [2.75, 3.05) is 12.4 Å². The summed E-state index contributed by atoms with van der Waals surface area (Å²) < 4.78 is 5.21. The van der Waals surface area contributed by atoms with Crippen LogP contribution in [0.3, 0.4) is 0 Å². The van der Waals surface area contributed by atoms with E-state index in [-0.39, 0.29) is 40.5 Å². The van der Waals surface area contributed by atoms with Crippen molar-refractivity contribution in [1.82, 2.24) is 14.9 Å². The van der Waals surface area contributed by atoms with E-state index in [2.05, 4.69) is 10.1 Å². The van der Waals surface area contributed by atoms with Crippen molar-refractivity contribution in [1.29, 1.82) is 5.41 Å². The quantitative estimate of drug-likeness (QED) is 0.271. The zero-order valence-electron chi connectivity index (χ0n) is 14.1. The Kier molecular flexibility index (Phi) is 5.33. The number of aromatic nitrogens is 1. The Morgan fingerprint density at radius 3 is 2.71 bits per heavy atom. The number of nitrogens with one attached hydrogen (secondary N) is 2. The molecule has 2 aliphatic rings. The SMILES string of the molecule is N=c1scc(CC(=O)NC2C(=O)N3C(C(=O)O)=C(COC(N)=O)CS[C@H]23)n1O. The van der Waals surface area contributed by atoms with Gasteiger partial charge in [-0.05, 0) is 0 Å². The van der Waals surface area contributed by atoms with Gasteiger partial charge in [-0.25, -0.2) is 9.59 Å². The summed E-state index contributed by atoms with van der Waals surface area (Å²) >= 11 is 2.16. The maximum Gasteiger partial charge on any atom is 0.404 e. The summed E-state index contributed by atoms with van der Waals surface area (Å²) in [5.41, 5.74) is 5.03. The standard InChI is InChI=1S/C14H15N5O7S2/c15-13-19(25)6(4-28-13)1-7(20)17-8-10(21)18-9(12(22)23)5(2-26-14(16)24)3-27-11(8)18/h4,8,11,15,25H,1-3H2,(H2,16,24)(H,17,20)(H,22,23)/t8?,11-/m1/s1. The number of carboxylic acids is 1. The molecule has 3 rings (SSSR count). The highest BCUT2D eigenvalue weighted by molar-refractivity contribution is 8.00. The second-order valence-corrected chi connectivity index (χ2v) is 7.80. The predicted octanol–water partition coefficient (Wildman–Crippen LogP) is -1.36. The van der Waals surface area contributed by atoms with Crippen LogP contribution in [0.5, 0.6) is 0 Å². The number of ether oxygens (including phenoxy) is 1. The Hall–Kier alpha value is -3.00. The van der Waals surface area contributed by atoms with Gasteiger partial charge in [0.05, 0.1) is 12.1 Å². The van der Waals surface area contributed by atoms with E-state index in [1.165, 1.54) is 17.1 Å². The summed E-state index contributed by atoms with van der Waals surface area (Å²) in [6, 6.07) is -0.924. The molecule has 1 unspecified atom stereocenters. The summed E-state index contributed by atoms with van der Waals surface area (Å²) in [6.07, 6.45) is -1.30. The molecule has 28 heavy (non-hydrogen) atoms. The van der Waals surface area contributed by atoms with Gasteiger partial charge in [-0.3, -0.25) is 19.9 Å². The molecular weight excluding hydrogens is 414 g/mol. The molecule has 1 fully saturated rings. The third kappa shape index (κ3) is 3.55. The minimum absolute atomic E-state index is 0.140. The van der Waals surface area contributed by atoms with Crippen LogP contribution in [0.15, 0.2) is 16.7 Å². The first-order valence-electron chi connectivity index (χ1n) is 7.75. The molecule has 12 nitrogen and oxygen atoms in total. The number of rotatable bonds is 6. The number of primary amides is 1. The Bertz CT molecular complexity index is 952. The second-order valence-electron chi connectivity index (χ2n) is 5.84. The number of carboxylic acid groups (broad SMARTS) is 1. The van der Waals surface area contributed by atoms with Crippen LogP contribution in [0, 0.1) is 5.41 Å². The number of carbonyl (C=O) groups excluding carboxylic acids is 3. The molecule has 3 heterocycles. The van der Waals surface area contributed by atoms with E-state index in [9.17, 15) is 29.5 Å². The van der Waals surface area contributed by atoms with E-state index >= 15 is 0 Å². The largest absolute Gasteiger partial charge is 0.477 e. The van der Waals surface area contributed by atoms with Crippen LogP contribution in [0.25, 0.3) is 0 Å². The van der Waals surface area contributed by atoms with Gasteiger partial charge in [0.2, 0.25) is 10.7 Å². The number of thiazole rings is 1. The lowest BCUT2D eigenvalue weighted by molar-refractivity contribution is -0.150. The number of β-lactam (4-membered cyclic amide) rings is 1. The van der Waals surface area contributed by atoms with Crippen LogP contribution in [0.4, 0.5) is 4.79 Å². The molecule has 0 spiro atoms. The summed E-state index contributed by atoms with van der Waals surface area (Å²) in [5, 5.41) is 29.8. The number of hydrogen-bond acceptors (Lipinski definition) is 9. The molecule has 1 saturated heterocycles. The normalized spacial score (nSPS) is 21.0. The van der Waals surface area contributed by atoms with Crippen molar-refractivity contribution in [3.8, 4) is 0 Å². The Morgan fingerprint density at radius 1 is 1.43 bits per heavy atom. The Balaban J connectivity index is 1.70. The molecule has 1 aromatic rings. The van der Waals surface area contributed by atoms with Gasteiger partial charge in [-0.1, -0.05) is 0 Å². The summed E-state index contributed by atoms with van der Waals surface area (Å²) in [5.74, 6) is -2.33. The van der Waals surface area contributed by atoms with Crippen molar-refractivity contribution in [2.45, 2.75) is 17.8 Å². The number of fused-ring (bicyclic) bond motifs is 1. The number of thioether (sulfide) groups is 1. The van der Waals surface area contributed by atoms with Crippen LogP contribution in [0.1, 0.15) is 5.69 Å². The van der Waals surface area contributed by atoms with Gasteiger partial charge < -0.3 is 26.1 Å². The fourth-order valence-corrected chi connectivity index (χ4v) is 4.79. The molecule has 3 amide bonds. The molecule has 0 radical (unpaired) electrons. The van der Waals surface area contributed by atoms with E-state index in [4.69, 9.17) is 11.1 Å². The number of aliphatic carboxylic acids is 1.